The van der Waals surface area contributed by atoms with Crippen molar-refractivity contribution in [1.29, 1.82) is 0 Å². The average Bonchev–Trinajstić information content (AvgIpc) is 2.61. The van der Waals surface area contributed by atoms with Crippen LogP contribution in [0.25, 0.3) is 0 Å². The molecule has 0 aromatic rings. The maximum Gasteiger partial charge on any atom is 0.222 e. The number of ether oxygens (including phenoxy) is 2. The van der Waals surface area contributed by atoms with E-state index in [0.717, 1.165) is 45.4 Å². The maximum atomic E-state index is 11.6. The Morgan fingerprint density at radius 2 is 2.08 bits per heavy atom. The number of nitrogens with zero attached hydrogens (tertiary/aromatic N) is 1. The number of morpholine rings is 1. The van der Waals surface area contributed by atoms with Crippen LogP contribution in [0, 0.1) is 11.8 Å². The molecule has 0 aliphatic carbocycles. The highest BCUT2D eigenvalue weighted by atomic mass is 16.5. The molecule has 0 radical (unpaired) electrons. The number of rotatable bonds is 13. The van der Waals surface area contributed by atoms with Crippen LogP contribution in [0.2, 0.25) is 0 Å². The molecule has 1 unspecified atom stereocenters. The molecule has 0 spiro atoms. The molecule has 5 nitrogen and oxygen atoms in total. The van der Waals surface area contributed by atoms with Crippen molar-refractivity contribution < 1.29 is 14.3 Å². The van der Waals surface area contributed by atoms with E-state index in [-0.39, 0.29) is 17.9 Å². The Morgan fingerprint density at radius 1 is 1.28 bits per heavy atom. The van der Waals surface area contributed by atoms with Gasteiger partial charge in [-0.25, -0.2) is 0 Å². The second kappa shape index (κ2) is 13.5. The van der Waals surface area contributed by atoms with Crippen LogP contribution in [0.15, 0.2) is 0 Å². The van der Waals surface area contributed by atoms with Gasteiger partial charge in [-0.1, -0.05) is 47.0 Å². The molecule has 148 valence electrons. The maximum absolute atomic E-state index is 11.6. The van der Waals surface area contributed by atoms with E-state index in [2.05, 4.69) is 24.1 Å². The highest BCUT2D eigenvalue weighted by Crippen LogP contribution is 2.16. The molecule has 2 atom stereocenters. The molecular formula is C20H40N2O3. The summed E-state index contributed by atoms with van der Waals surface area (Å²) < 4.78 is 11.6. The number of hydrogen-bond donors (Lipinski definition) is 1. The Bertz CT molecular complexity index is 350. The monoisotopic (exact) mass is 356 g/mol. The third kappa shape index (κ3) is 10.2. The molecular weight excluding hydrogens is 316 g/mol. The van der Waals surface area contributed by atoms with Crippen molar-refractivity contribution >= 4 is 5.91 Å². The lowest BCUT2D eigenvalue weighted by atomic mass is 9.96. The van der Waals surface area contributed by atoms with Crippen molar-refractivity contribution in [1.82, 2.24) is 10.2 Å². The number of nitrogens with one attached hydrogen (secondary N) is 1. The summed E-state index contributed by atoms with van der Waals surface area (Å²) in [4.78, 5) is 14.0. The summed E-state index contributed by atoms with van der Waals surface area (Å²) in [5.41, 5.74) is 0. The fourth-order valence-corrected chi connectivity index (χ4v) is 3.26. The van der Waals surface area contributed by atoms with Crippen molar-refractivity contribution in [3.8, 4) is 0 Å². The smallest absolute Gasteiger partial charge is 0.222 e. The highest BCUT2D eigenvalue weighted by Gasteiger charge is 2.21. The molecule has 0 aromatic carbocycles. The average molecular weight is 357 g/mol. The summed E-state index contributed by atoms with van der Waals surface area (Å²) >= 11 is 0. The van der Waals surface area contributed by atoms with Gasteiger partial charge in [0, 0.05) is 38.7 Å². The van der Waals surface area contributed by atoms with E-state index in [1.807, 2.05) is 13.8 Å². The lowest BCUT2D eigenvalue weighted by molar-refractivity contribution is -0.125. The molecule has 25 heavy (non-hydrogen) atoms. The van der Waals surface area contributed by atoms with Gasteiger partial charge in [-0.2, -0.15) is 0 Å². The molecule has 5 heteroatoms. The first-order chi connectivity index (χ1) is 12.1. The first-order valence-electron chi connectivity index (χ1n) is 10.3. The normalized spacial score (nSPS) is 20.0. The van der Waals surface area contributed by atoms with E-state index >= 15 is 0 Å². The number of carbonyl (C=O) groups excluding carboxylic acids is 1. The van der Waals surface area contributed by atoms with Gasteiger partial charge < -0.3 is 14.8 Å². The summed E-state index contributed by atoms with van der Waals surface area (Å²) in [5, 5.41) is 2.96. The van der Waals surface area contributed by atoms with Gasteiger partial charge in [0.15, 0.2) is 0 Å². The lowest BCUT2D eigenvalue weighted by Crippen LogP contribution is -2.48. The van der Waals surface area contributed by atoms with Crippen LogP contribution in [0.1, 0.15) is 59.8 Å². The molecule has 1 fully saturated rings. The standard InChI is InChI=1S/C20H40N2O3/c1-5-8-18(6-2)9-7-12-24-13-10-22-11-14-25-19(16-22)15-21-20(23)17(3)4/h17-19H,5-16H2,1-4H3,(H,21,23)/t18?,19-/m1/s1. The summed E-state index contributed by atoms with van der Waals surface area (Å²) in [6.45, 7) is 14.1. The van der Waals surface area contributed by atoms with Crippen LogP contribution in [0.5, 0.6) is 0 Å². The molecule has 1 amide bonds. The predicted octanol–water partition coefficient (Wildman–Crippen LogP) is 3.08. The van der Waals surface area contributed by atoms with Crippen LogP contribution in [0.3, 0.4) is 0 Å². The first kappa shape index (κ1) is 22.4. The Morgan fingerprint density at radius 3 is 2.76 bits per heavy atom. The van der Waals surface area contributed by atoms with Crippen molar-refractivity contribution in [2.75, 3.05) is 46.0 Å². The van der Waals surface area contributed by atoms with Crippen LogP contribution in [-0.2, 0) is 14.3 Å². The van der Waals surface area contributed by atoms with E-state index in [1.54, 1.807) is 0 Å². The molecule has 1 aliphatic heterocycles. The van der Waals surface area contributed by atoms with Gasteiger partial charge in [0.05, 0.1) is 19.3 Å². The fraction of sp³-hybridized carbons (Fsp3) is 0.950. The quantitative estimate of drug-likeness (QED) is 0.515. The zero-order chi connectivity index (χ0) is 18.5. The second-order valence-corrected chi connectivity index (χ2v) is 7.51. The van der Waals surface area contributed by atoms with Gasteiger partial charge in [-0.15, -0.1) is 0 Å². The topological polar surface area (TPSA) is 50.8 Å². The van der Waals surface area contributed by atoms with E-state index in [0.29, 0.717) is 6.54 Å². The minimum Gasteiger partial charge on any atom is -0.380 e. The van der Waals surface area contributed by atoms with Gasteiger partial charge in [-0.05, 0) is 18.8 Å². The highest BCUT2D eigenvalue weighted by molar-refractivity contribution is 5.77. The number of carbonyl (C=O) groups is 1. The molecule has 1 N–H and O–H groups in total. The predicted molar refractivity (Wildman–Crippen MR) is 103 cm³/mol. The summed E-state index contributed by atoms with van der Waals surface area (Å²) in [6.07, 6.45) is 6.48. The SMILES string of the molecule is CCCC(CC)CCCOCCN1CCO[C@H](CNC(=O)C(C)C)C1. The van der Waals surface area contributed by atoms with Gasteiger partial charge in [-0.3, -0.25) is 9.69 Å². The Labute approximate surface area is 154 Å². The van der Waals surface area contributed by atoms with Crippen molar-refractivity contribution in [3.05, 3.63) is 0 Å². The van der Waals surface area contributed by atoms with Crippen LogP contribution in [-0.4, -0.2) is 62.9 Å². The Kier molecular flexibility index (Phi) is 12.1. The summed E-state index contributed by atoms with van der Waals surface area (Å²) in [7, 11) is 0. The Hall–Kier alpha value is -0.650. The van der Waals surface area contributed by atoms with Crippen LogP contribution >= 0.6 is 0 Å². The summed E-state index contributed by atoms with van der Waals surface area (Å²) in [6, 6.07) is 0. The van der Waals surface area contributed by atoms with E-state index in [9.17, 15) is 4.79 Å². The molecule has 1 heterocycles. The first-order valence-corrected chi connectivity index (χ1v) is 10.3. The van der Waals surface area contributed by atoms with Gasteiger partial charge in [0.2, 0.25) is 5.91 Å². The third-order valence-corrected chi connectivity index (χ3v) is 4.98. The van der Waals surface area contributed by atoms with Gasteiger partial charge in [0.25, 0.3) is 0 Å². The zero-order valence-corrected chi connectivity index (χ0v) is 16.9. The molecule has 1 rings (SSSR count). The Balaban J connectivity index is 2.07. The van der Waals surface area contributed by atoms with Crippen molar-refractivity contribution in [2.24, 2.45) is 11.8 Å². The molecule has 0 aromatic heterocycles. The van der Waals surface area contributed by atoms with E-state index < -0.39 is 0 Å². The lowest BCUT2D eigenvalue weighted by Gasteiger charge is -2.33. The van der Waals surface area contributed by atoms with Crippen LogP contribution in [0.4, 0.5) is 0 Å². The van der Waals surface area contributed by atoms with Gasteiger partial charge in [0.1, 0.15) is 0 Å². The molecule has 1 aliphatic rings. The zero-order valence-electron chi connectivity index (χ0n) is 16.9. The largest absolute Gasteiger partial charge is 0.380 e. The minimum atomic E-state index is 0.0257. The molecule has 0 saturated carbocycles. The van der Waals surface area contributed by atoms with Crippen molar-refractivity contribution in [3.63, 3.8) is 0 Å². The number of amides is 1. The molecule has 1 saturated heterocycles. The third-order valence-electron chi connectivity index (χ3n) is 4.98. The van der Waals surface area contributed by atoms with Crippen molar-refractivity contribution in [2.45, 2.75) is 65.9 Å². The van der Waals surface area contributed by atoms with Gasteiger partial charge >= 0.3 is 0 Å². The van der Waals surface area contributed by atoms with Crippen LogP contribution < -0.4 is 5.32 Å². The minimum absolute atomic E-state index is 0.0257. The molecule has 0 bridgehead atoms. The summed E-state index contributed by atoms with van der Waals surface area (Å²) in [5.74, 6) is 0.991. The van der Waals surface area contributed by atoms with E-state index in [1.165, 1.54) is 32.1 Å². The van der Waals surface area contributed by atoms with E-state index in [4.69, 9.17) is 9.47 Å². The number of hydrogen-bond acceptors (Lipinski definition) is 4. The fourth-order valence-electron chi connectivity index (χ4n) is 3.26. The second-order valence-electron chi connectivity index (χ2n) is 7.51.